The van der Waals surface area contributed by atoms with Crippen molar-refractivity contribution in [3.63, 3.8) is 0 Å². The van der Waals surface area contributed by atoms with E-state index in [1.54, 1.807) is 11.8 Å². The first-order chi connectivity index (χ1) is 7.40. The summed E-state index contributed by atoms with van der Waals surface area (Å²) in [6.45, 7) is 2.36. The van der Waals surface area contributed by atoms with Gasteiger partial charge in [0.2, 0.25) is 6.79 Å². The van der Waals surface area contributed by atoms with E-state index in [0.29, 0.717) is 6.79 Å². The average Bonchev–Trinajstić information content (AvgIpc) is 2.73. The second kappa shape index (κ2) is 3.61. The van der Waals surface area contributed by atoms with Crippen LogP contribution in [0.25, 0.3) is 0 Å². The summed E-state index contributed by atoms with van der Waals surface area (Å²) in [5, 5.41) is 3.38. The summed E-state index contributed by atoms with van der Waals surface area (Å²) < 4.78 is 11.0. The third-order valence-electron chi connectivity index (χ3n) is 2.89. The Morgan fingerprint density at radius 2 is 2.33 bits per heavy atom. The van der Waals surface area contributed by atoms with Gasteiger partial charge in [-0.3, -0.25) is 0 Å². The van der Waals surface area contributed by atoms with E-state index < -0.39 is 0 Å². The maximum atomic E-state index is 5.52. The van der Waals surface area contributed by atoms with Gasteiger partial charge in [-0.25, -0.2) is 0 Å². The Bertz CT molecular complexity index is 406. The number of ether oxygens (including phenoxy) is 2. The highest BCUT2D eigenvalue weighted by molar-refractivity contribution is 7.98. The smallest absolute Gasteiger partial charge is 0.231 e. The van der Waals surface area contributed by atoms with E-state index in [4.69, 9.17) is 9.47 Å². The molecule has 2 aliphatic rings. The van der Waals surface area contributed by atoms with Crippen LogP contribution in [0.4, 0.5) is 0 Å². The summed E-state index contributed by atoms with van der Waals surface area (Å²) in [4.78, 5) is 1.27. The molecule has 0 spiro atoms. The van der Waals surface area contributed by atoms with Gasteiger partial charge in [-0.05, 0) is 36.4 Å². The van der Waals surface area contributed by atoms with Crippen LogP contribution in [0.2, 0.25) is 0 Å². The number of hydrogen-bond donors (Lipinski definition) is 1. The highest BCUT2D eigenvalue weighted by Gasteiger charge is 2.24. The number of nitrogens with one attached hydrogen (secondary N) is 1. The minimum Gasteiger partial charge on any atom is -0.454 e. The van der Waals surface area contributed by atoms with Crippen molar-refractivity contribution in [2.75, 3.05) is 19.6 Å². The lowest BCUT2D eigenvalue weighted by Gasteiger charge is -2.20. The van der Waals surface area contributed by atoms with Gasteiger partial charge in [-0.2, -0.15) is 0 Å². The Morgan fingerprint density at radius 3 is 3.20 bits per heavy atom. The van der Waals surface area contributed by atoms with Gasteiger partial charge in [0, 0.05) is 6.54 Å². The Kier molecular flexibility index (Phi) is 2.25. The van der Waals surface area contributed by atoms with E-state index in [-0.39, 0.29) is 0 Å². The SMILES string of the molecule is CSc1c2c(cc3c1OCO3)CNCC2. The molecule has 2 aliphatic heterocycles. The fourth-order valence-electron chi connectivity index (χ4n) is 2.19. The fourth-order valence-corrected chi connectivity index (χ4v) is 3.01. The maximum Gasteiger partial charge on any atom is 0.231 e. The summed E-state index contributed by atoms with van der Waals surface area (Å²) in [7, 11) is 0. The molecule has 0 saturated carbocycles. The lowest BCUT2D eigenvalue weighted by molar-refractivity contribution is 0.172. The molecular weight excluding hydrogens is 210 g/mol. The third kappa shape index (κ3) is 1.40. The standard InChI is InChI=1S/C11H13NO2S/c1-15-11-8-2-3-12-5-7(8)4-9-10(11)14-6-13-9/h4,12H,2-3,5-6H2,1H3. The molecule has 0 atom stereocenters. The molecule has 0 amide bonds. The van der Waals surface area contributed by atoms with E-state index in [9.17, 15) is 0 Å². The molecule has 0 fully saturated rings. The summed E-state index contributed by atoms with van der Waals surface area (Å²) in [6.07, 6.45) is 3.18. The van der Waals surface area contributed by atoms with E-state index in [1.165, 1.54) is 16.0 Å². The van der Waals surface area contributed by atoms with Gasteiger partial charge >= 0.3 is 0 Å². The average molecular weight is 223 g/mol. The van der Waals surface area contributed by atoms with Gasteiger partial charge in [0.1, 0.15) is 0 Å². The van der Waals surface area contributed by atoms with Gasteiger partial charge < -0.3 is 14.8 Å². The Balaban J connectivity index is 2.19. The van der Waals surface area contributed by atoms with Crippen LogP contribution < -0.4 is 14.8 Å². The molecule has 1 N–H and O–H groups in total. The molecule has 3 nitrogen and oxygen atoms in total. The summed E-state index contributed by atoms with van der Waals surface area (Å²) in [6, 6.07) is 2.11. The second-order valence-corrected chi connectivity index (χ2v) is 4.52. The predicted octanol–water partition coefficient (Wildman–Crippen LogP) is 1.78. The van der Waals surface area contributed by atoms with E-state index >= 15 is 0 Å². The van der Waals surface area contributed by atoms with Crippen molar-refractivity contribution in [1.82, 2.24) is 5.32 Å². The molecule has 0 unspecified atom stereocenters. The van der Waals surface area contributed by atoms with Gasteiger partial charge in [0.15, 0.2) is 11.5 Å². The minimum absolute atomic E-state index is 0.360. The van der Waals surface area contributed by atoms with Crippen LogP contribution in [-0.4, -0.2) is 19.6 Å². The van der Waals surface area contributed by atoms with Crippen LogP contribution in [0.5, 0.6) is 11.5 Å². The number of rotatable bonds is 1. The second-order valence-electron chi connectivity index (χ2n) is 3.71. The quantitative estimate of drug-likeness (QED) is 0.735. The first-order valence-corrected chi connectivity index (χ1v) is 6.31. The molecular formula is C11H13NO2S. The molecule has 15 heavy (non-hydrogen) atoms. The molecule has 3 rings (SSSR count). The zero-order chi connectivity index (χ0) is 10.3. The number of fused-ring (bicyclic) bond motifs is 2. The van der Waals surface area contributed by atoms with Crippen LogP contribution in [0, 0.1) is 0 Å². The first kappa shape index (κ1) is 9.36. The largest absolute Gasteiger partial charge is 0.454 e. The van der Waals surface area contributed by atoms with E-state index in [1.807, 2.05) is 0 Å². The highest BCUT2D eigenvalue weighted by atomic mass is 32.2. The normalized spacial score (nSPS) is 17.7. The topological polar surface area (TPSA) is 30.5 Å². The van der Waals surface area contributed by atoms with Crippen LogP contribution in [0.3, 0.4) is 0 Å². The van der Waals surface area contributed by atoms with Crippen LogP contribution in [0.1, 0.15) is 11.1 Å². The number of hydrogen-bond acceptors (Lipinski definition) is 4. The van der Waals surface area contributed by atoms with E-state index in [2.05, 4.69) is 17.6 Å². The maximum absolute atomic E-state index is 5.52. The molecule has 1 aromatic rings. The lowest BCUT2D eigenvalue weighted by Crippen LogP contribution is -2.24. The molecule has 2 heterocycles. The van der Waals surface area contributed by atoms with Gasteiger partial charge in [-0.15, -0.1) is 11.8 Å². The van der Waals surface area contributed by atoms with Crippen molar-refractivity contribution in [3.8, 4) is 11.5 Å². The summed E-state index contributed by atoms with van der Waals surface area (Å²) >= 11 is 1.76. The van der Waals surface area contributed by atoms with Crippen LogP contribution in [-0.2, 0) is 13.0 Å². The van der Waals surface area contributed by atoms with E-state index in [0.717, 1.165) is 31.0 Å². The zero-order valence-electron chi connectivity index (χ0n) is 8.63. The number of thioether (sulfide) groups is 1. The van der Waals surface area contributed by atoms with Crippen molar-refractivity contribution in [2.24, 2.45) is 0 Å². The molecule has 0 saturated heterocycles. The fraction of sp³-hybridized carbons (Fsp3) is 0.455. The van der Waals surface area contributed by atoms with Crippen molar-refractivity contribution < 1.29 is 9.47 Å². The van der Waals surface area contributed by atoms with Crippen molar-refractivity contribution in [1.29, 1.82) is 0 Å². The highest BCUT2D eigenvalue weighted by Crippen LogP contribution is 2.44. The molecule has 0 aromatic heterocycles. The molecule has 0 bridgehead atoms. The van der Waals surface area contributed by atoms with Gasteiger partial charge in [0.05, 0.1) is 4.90 Å². The predicted molar refractivity (Wildman–Crippen MR) is 59.8 cm³/mol. The van der Waals surface area contributed by atoms with Gasteiger partial charge in [0.25, 0.3) is 0 Å². The summed E-state index contributed by atoms with van der Waals surface area (Å²) in [5.41, 5.74) is 2.79. The third-order valence-corrected chi connectivity index (χ3v) is 3.73. The Morgan fingerprint density at radius 1 is 1.40 bits per heavy atom. The van der Waals surface area contributed by atoms with Gasteiger partial charge in [-0.1, -0.05) is 0 Å². The van der Waals surface area contributed by atoms with Crippen LogP contribution in [0.15, 0.2) is 11.0 Å². The molecule has 80 valence electrons. The molecule has 1 aromatic carbocycles. The molecule has 0 radical (unpaired) electrons. The monoisotopic (exact) mass is 223 g/mol. The van der Waals surface area contributed by atoms with Crippen molar-refractivity contribution >= 4 is 11.8 Å². The lowest BCUT2D eigenvalue weighted by atomic mass is 10.00. The van der Waals surface area contributed by atoms with Crippen molar-refractivity contribution in [2.45, 2.75) is 17.9 Å². The molecule has 4 heteroatoms. The molecule has 0 aliphatic carbocycles. The first-order valence-electron chi connectivity index (χ1n) is 5.09. The Labute approximate surface area is 93.1 Å². The van der Waals surface area contributed by atoms with Crippen molar-refractivity contribution in [3.05, 3.63) is 17.2 Å². The number of benzene rings is 1. The minimum atomic E-state index is 0.360. The summed E-state index contributed by atoms with van der Waals surface area (Å²) in [5.74, 6) is 1.85. The Hall–Kier alpha value is -0.870. The zero-order valence-corrected chi connectivity index (χ0v) is 9.45. The van der Waals surface area contributed by atoms with Crippen LogP contribution >= 0.6 is 11.8 Å².